The molecule has 5 nitrogen and oxygen atoms in total. The molecule has 1 aliphatic heterocycles. The molecule has 1 aliphatic rings. The number of nitrogens with one attached hydrogen (secondary N) is 1. The van der Waals surface area contributed by atoms with E-state index in [0.29, 0.717) is 24.9 Å². The summed E-state index contributed by atoms with van der Waals surface area (Å²) in [5.41, 5.74) is 1.48. The summed E-state index contributed by atoms with van der Waals surface area (Å²) in [4.78, 5) is 14.2. The Morgan fingerprint density at radius 2 is 1.84 bits per heavy atom. The Labute approximate surface area is 191 Å². The second-order valence-corrected chi connectivity index (χ2v) is 9.06. The van der Waals surface area contributed by atoms with Crippen LogP contribution in [0.3, 0.4) is 0 Å². The van der Waals surface area contributed by atoms with Gasteiger partial charge in [0.15, 0.2) is 16.7 Å². The van der Waals surface area contributed by atoms with Gasteiger partial charge in [0.1, 0.15) is 16.5 Å². The lowest BCUT2D eigenvalue weighted by molar-refractivity contribution is 0.0793. The number of aryl methyl sites for hydroxylation is 1. The highest BCUT2D eigenvalue weighted by Crippen LogP contribution is 2.35. The van der Waals surface area contributed by atoms with E-state index in [9.17, 15) is 22.9 Å². The number of aromatic hydroxyl groups is 1. The van der Waals surface area contributed by atoms with E-state index in [4.69, 9.17) is 11.6 Å². The van der Waals surface area contributed by atoms with Crippen molar-refractivity contribution >= 4 is 34.2 Å². The number of hydrogen-bond donors (Lipinski definition) is 2. The van der Waals surface area contributed by atoms with E-state index in [1.165, 1.54) is 23.1 Å². The smallest absolute Gasteiger partial charge is 0.253 e. The van der Waals surface area contributed by atoms with Gasteiger partial charge in [-0.2, -0.15) is 0 Å². The Kier molecular flexibility index (Phi) is 6.17. The third-order valence-electron chi connectivity index (χ3n) is 5.33. The zero-order valence-corrected chi connectivity index (χ0v) is 18.6. The highest BCUT2D eigenvalue weighted by molar-refractivity contribution is 7.86. The van der Waals surface area contributed by atoms with E-state index in [1.807, 2.05) is 12.1 Å². The molecule has 3 aromatic carbocycles. The van der Waals surface area contributed by atoms with Crippen molar-refractivity contribution in [2.75, 3.05) is 18.3 Å². The largest absolute Gasteiger partial charge is 0.505 e. The molecule has 3 aromatic rings. The maximum atomic E-state index is 14.7. The molecule has 1 unspecified atom stereocenters. The van der Waals surface area contributed by atoms with Gasteiger partial charge < -0.3 is 10.0 Å². The Morgan fingerprint density at radius 1 is 1.09 bits per heavy atom. The van der Waals surface area contributed by atoms with Crippen LogP contribution in [0.25, 0.3) is 11.1 Å². The topological polar surface area (TPSA) is 69.6 Å². The molecule has 4 bridgehead atoms. The first-order chi connectivity index (χ1) is 15.3. The zero-order chi connectivity index (χ0) is 23.0. The molecule has 4 rings (SSSR count). The summed E-state index contributed by atoms with van der Waals surface area (Å²) in [6.07, 6.45) is 1.15. The monoisotopic (exact) mass is 476 g/mol. The molecule has 0 radical (unpaired) electrons. The van der Waals surface area contributed by atoms with Gasteiger partial charge in [-0.05, 0) is 42.2 Å². The molecule has 0 fully saturated rings. The maximum absolute atomic E-state index is 14.7. The number of phenolic OH excluding ortho intramolecular Hbond substituents is 1. The Hall–Kier alpha value is -2.97. The highest BCUT2D eigenvalue weighted by Gasteiger charge is 2.22. The molecule has 0 saturated carbocycles. The third kappa shape index (κ3) is 4.20. The normalized spacial score (nSPS) is 16.6. The van der Waals surface area contributed by atoms with Crippen LogP contribution < -0.4 is 4.72 Å². The Morgan fingerprint density at radius 3 is 2.62 bits per heavy atom. The van der Waals surface area contributed by atoms with Crippen LogP contribution in [0.2, 0.25) is 5.02 Å². The molecule has 1 heterocycles. The standard InChI is InChI=1S/C23H19ClF2N2O3S/c1-28-8-4-6-13-5-2-3-7-15(13)16-11-20(19(26)12-18(16)25)27-32(31)21-10-14(23(28)30)9-17(24)22(21)29/h2-3,5,7,9-12,27,29H,4,6,8H2,1H3. The average molecular weight is 477 g/mol. The van der Waals surface area contributed by atoms with Crippen molar-refractivity contribution in [1.29, 1.82) is 0 Å². The van der Waals surface area contributed by atoms with Crippen molar-refractivity contribution in [2.24, 2.45) is 0 Å². The number of phenols is 1. The number of benzene rings is 3. The fraction of sp³-hybridized carbons (Fsp3) is 0.174. The lowest BCUT2D eigenvalue weighted by atomic mass is 9.95. The first-order valence-electron chi connectivity index (χ1n) is 9.80. The second kappa shape index (κ2) is 8.88. The van der Waals surface area contributed by atoms with Crippen LogP contribution in [0.4, 0.5) is 14.5 Å². The van der Waals surface area contributed by atoms with Crippen molar-refractivity contribution in [3.63, 3.8) is 0 Å². The molecule has 32 heavy (non-hydrogen) atoms. The van der Waals surface area contributed by atoms with Gasteiger partial charge in [0.05, 0.1) is 10.7 Å². The molecule has 0 aliphatic carbocycles. The number of carbonyl (C=O) groups is 1. The SMILES string of the molecule is CN1CCCc2ccccc2-c2cc(c(F)cc2F)NS(=O)c2cc(cc(Cl)c2O)C1=O. The number of hydrogen-bond acceptors (Lipinski definition) is 3. The predicted octanol–water partition coefficient (Wildman–Crippen LogP) is 5.14. The zero-order valence-electron chi connectivity index (χ0n) is 17.0. The Balaban J connectivity index is 1.89. The van der Waals surface area contributed by atoms with Crippen LogP contribution >= 0.6 is 11.6 Å². The van der Waals surface area contributed by atoms with Crippen molar-refractivity contribution in [1.82, 2.24) is 4.90 Å². The summed E-state index contributed by atoms with van der Waals surface area (Å²) in [6.45, 7) is 0.402. The van der Waals surface area contributed by atoms with Gasteiger partial charge in [-0.3, -0.25) is 9.52 Å². The number of rotatable bonds is 0. The number of halogens is 3. The fourth-order valence-corrected chi connectivity index (χ4v) is 4.92. The van der Waals surface area contributed by atoms with Crippen molar-refractivity contribution in [3.05, 3.63) is 76.3 Å². The van der Waals surface area contributed by atoms with Crippen molar-refractivity contribution < 1.29 is 22.9 Å². The quantitative estimate of drug-likeness (QED) is 0.472. The second-order valence-electron chi connectivity index (χ2n) is 7.47. The molecule has 1 atom stereocenters. The molecular weight excluding hydrogens is 458 g/mol. The van der Waals surface area contributed by atoms with Crippen LogP contribution in [-0.2, 0) is 17.4 Å². The van der Waals surface area contributed by atoms with Crippen LogP contribution in [-0.4, -0.2) is 33.7 Å². The van der Waals surface area contributed by atoms with E-state index in [1.54, 1.807) is 19.2 Å². The van der Waals surface area contributed by atoms with Crippen LogP contribution in [0.1, 0.15) is 22.3 Å². The van der Waals surface area contributed by atoms with Crippen molar-refractivity contribution in [3.8, 4) is 16.9 Å². The molecule has 2 N–H and O–H groups in total. The molecule has 1 amide bonds. The van der Waals surface area contributed by atoms with Crippen LogP contribution in [0.5, 0.6) is 5.75 Å². The maximum Gasteiger partial charge on any atom is 0.253 e. The molecule has 0 saturated heterocycles. The Bertz CT molecular complexity index is 1250. The highest BCUT2D eigenvalue weighted by atomic mass is 35.5. The first-order valence-corrected chi connectivity index (χ1v) is 11.3. The van der Waals surface area contributed by atoms with Crippen molar-refractivity contribution in [2.45, 2.75) is 17.7 Å². The number of carbonyl (C=O) groups excluding carboxylic acids is 1. The van der Waals surface area contributed by atoms with Crippen LogP contribution in [0, 0.1) is 11.6 Å². The minimum atomic E-state index is -2.19. The van der Waals surface area contributed by atoms with Gasteiger partial charge in [-0.1, -0.05) is 35.9 Å². The van der Waals surface area contributed by atoms with Gasteiger partial charge >= 0.3 is 0 Å². The van der Waals surface area contributed by atoms with Crippen LogP contribution in [0.15, 0.2) is 53.4 Å². The minimum Gasteiger partial charge on any atom is -0.505 e. The molecular formula is C23H19ClF2N2O3S. The van der Waals surface area contributed by atoms with E-state index in [0.717, 1.165) is 11.6 Å². The minimum absolute atomic E-state index is 0.135. The molecule has 0 spiro atoms. The van der Waals surface area contributed by atoms with Gasteiger partial charge in [0.25, 0.3) is 5.91 Å². The number of nitrogens with zero attached hydrogens (tertiary/aromatic N) is 1. The third-order valence-corrected chi connectivity index (χ3v) is 6.73. The van der Waals surface area contributed by atoms with Gasteiger partial charge in [-0.25, -0.2) is 13.0 Å². The average Bonchev–Trinajstić information content (AvgIpc) is 2.76. The lowest BCUT2D eigenvalue weighted by Gasteiger charge is -2.18. The van der Waals surface area contributed by atoms with Gasteiger partial charge in [-0.15, -0.1) is 0 Å². The van der Waals surface area contributed by atoms with E-state index < -0.39 is 28.4 Å². The molecule has 0 aromatic heterocycles. The summed E-state index contributed by atoms with van der Waals surface area (Å²) in [5.74, 6) is -2.56. The predicted molar refractivity (Wildman–Crippen MR) is 120 cm³/mol. The van der Waals surface area contributed by atoms with E-state index in [-0.39, 0.29) is 32.6 Å². The summed E-state index contributed by atoms with van der Waals surface area (Å²) in [7, 11) is -0.562. The summed E-state index contributed by atoms with van der Waals surface area (Å²) in [6, 6.07) is 11.7. The van der Waals surface area contributed by atoms with Gasteiger partial charge in [0.2, 0.25) is 0 Å². The van der Waals surface area contributed by atoms with E-state index in [2.05, 4.69) is 4.72 Å². The number of anilines is 1. The number of fused-ring (bicyclic) bond motifs is 6. The summed E-state index contributed by atoms with van der Waals surface area (Å²) >= 11 is 6.06. The molecule has 9 heteroatoms. The summed E-state index contributed by atoms with van der Waals surface area (Å²) < 4.78 is 44.7. The lowest BCUT2D eigenvalue weighted by Crippen LogP contribution is -2.28. The number of amides is 1. The van der Waals surface area contributed by atoms with Gasteiger partial charge in [0, 0.05) is 30.8 Å². The molecule has 166 valence electrons. The fourth-order valence-electron chi connectivity index (χ4n) is 3.66. The first kappa shape index (κ1) is 22.2. The van der Waals surface area contributed by atoms with E-state index >= 15 is 0 Å². The summed E-state index contributed by atoms with van der Waals surface area (Å²) in [5, 5.41) is 10.1.